The number of carboxylic acid groups (broad SMARTS) is 1. The highest BCUT2D eigenvalue weighted by molar-refractivity contribution is 5.93. The van der Waals surface area contributed by atoms with Crippen LogP contribution in [0.15, 0.2) is 30.6 Å². The summed E-state index contributed by atoms with van der Waals surface area (Å²) in [5, 5.41) is 11.4. The van der Waals surface area contributed by atoms with Crippen molar-refractivity contribution >= 4 is 17.5 Å². The maximum absolute atomic E-state index is 12.9. The van der Waals surface area contributed by atoms with Crippen LogP contribution in [0.4, 0.5) is 29.1 Å². The van der Waals surface area contributed by atoms with Crippen LogP contribution in [0.5, 0.6) is 0 Å². The summed E-state index contributed by atoms with van der Waals surface area (Å²) in [6.07, 6.45) is -2.91. The first kappa shape index (κ1) is 14.7. The highest BCUT2D eigenvalue weighted by Gasteiger charge is 2.32. The molecule has 2 heterocycles. The summed E-state index contributed by atoms with van der Waals surface area (Å²) in [6.45, 7) is 0. The van der Waals surface area contributed by atoms with Crippen LogP contribution in [0.25, 0.3) is 0 Å². The van der Waals surface area contributed by atoms with Crippen molar-refractivity contribution in [3.8, 4) is 0 Å². The highest BCUT2D eigenvalue weighted by Crippen LogP contribution is 2.28. The molecule has 2 rings (SSSR count). The number of hydrogen-bond donors (Lipinski definition) is 2. The Bertz CT molecular complexity index is 671. The number of carbonyl (C=O) groups is 1. The average molecular weight is 301 g/mol. The zero-order valence-corrected chi connectivity index (χ0v) is 10.1. The summed E-state index contributed by atoms with van der Waals surface area (Å²) in [5.41, 5.74) is -1.45. The molecule has 2 aromatic rings. The van der Waals surface area contributed by atoms with Gasteiger partial charge in [0.2, 0.25) is 0 Å². The second kappa shape index (κ2) is 5.35. The zero-order valence-electron chi connectivity index (χ0n) is 10.1. The number of alkyl halides is 3. The van der Waals surface area contributed by atoms with E-state index >= 15 is 0 Å². The molecule has 9 heteroatoms. The van der Waals surface area contributed by atoms with Crippen LogP contribution in [0.3, 0.4) is 0 Å². The van der Waals surface area contributed by atoms with Gasteiger partial charge in [-0.1, -0.05) is 0 Å². The van der Waals surface area contributed by atoms with E-state index in [0.29, 0.717) is 0 Å². The first-order valence-electron chi connectivity index (χ1n) is 5.46. The smallest absolute Gasteiger partial charge is 0.433 e. The molecule has 0 fully saturated rings. The third-order valence-corrected chi connectivity index (χ3v) is 2.40. The predicted molar refractivity (Wildman–Crippen MR) is 63.7 cm³/mol. The van der Waals surface area contributed by atoms with E-state index < -0.39 is 29.2 Å². The van der Waals surface area contributed by atoms with E-state index in [1.165, 1.54) is 0 Å². The molecule has 0 radical (unpaired) electrons. The minimum absolute atomic E-state index is 0.0876. The van der Waals surface area contributed by atoms with E-state index in [0.717, 1.165) is 30.6 Å². The normalized spacial score (nSPS) is 11.2. The zero-order chi connectivity index (χ0) is 15.6. The molecule has 0 atom stereocenters. The molecule has 21 heavy (non-hydrogen) atoms. The number of nitrogens with one attached hydrogen (secondary N) is 1. The van der Waals surface area contributed by atoms with Gasteiger partial charge in [-0.2, -0.15) is 13.2 Å². The van der Waals surface area contributed by atoms with Crippen LogP contribution in [0.2, 0.25) is 0 Å². The van der Waals surface area contributed by atoms with E-state index in [4.69, 9.17) is 5.11 Å². The number of aromatic carboxylic acids is 1. The fourth-order valence-electron chi connectivity index (χ4n) is 1.47. The van der Waals surface area contributed by atoms with E-state index in [1.807, 2.05) is 0 Å². The fraction of sp³-hybridized carbons (Fsp3) is 0.0833. The number of nitrogens with zero attached hydrogens (tertiary/aromatic N) is 2. The van der Waals surface area contributed by atoms with Gasteiger partial charge >= 0.3 is 12.1 Å². The lowest BCUT2D eigenvalue weighted by molar-refractivity contribution is -0.141. The maximum Gasteiger partial charge on any atom is 0.433 e. The summed E-state index contributed by atoms with van der Waals surface area (Å²) in [4.78, 5) is 17.7. The number of halogens is 4. The molecular weight excluding hydrogens is 294 g/mol. The summed E-state index contributed by atoms with van der Waals surface area (Å²) in [7, 11) is 0. The molecule has 0 saturated carbocycles. The molecule has 0 amide bonds. The van der Waals surface area contributed by atoms with Gasteiger partial charge in [0, 0.05) is 0 Å². The Balaban J connectivity index is 2.28. The van der Waals surface area contributed by atoms with Crippen LogP contribution >= 0.6 is 0 Å². The van der Waals surface area contributed by atoms with Crippen molar-refractivity contribution < 1.29 is 27.5 Å². The summed E-state index contributed by atoms with van der Waals surface area (Å²) in [5.74, 6) is -2.47. The second-order valence-electron chi connectivity index (χ2n) is 3.91. The lowest BCUT2D eigenvalue weighted by Crippen LogP contribution is -2.09. The number of aromatic nitrogens is 2. The number of anilines is 2. The quantitative estimate of drug-likeness (QED) is 0.852. The first-order valence-corrected chi connectivity index (χ1v) is 5.46. The first-order chi connectivity index (χ1) is 9.77. The van der Waals surface area contributed by atoms with Gasteiger partial charge in [0.25, 0.3) is 0 Å². The summed E-state index contributed by atoms with van der Waals surface area (Å²) < 4.78 is 50.0. The van der Waals surface area contributed by atoms with Gasteiger partial charge in [-0.15, -0.1) is 0 Å². The largest absolute Gasteiger partial charge is 0.478 e. The van der Waals surface area contributed by atoms with Gasteiger partial charge in [-0.25, -0.2) is 19.2 Å². The van der Waals surface area contributed by atoms with Crippen molar-refractivity contribution in [1.29, 1.82) is 0 Å². The van der Waals surface area contributed by atoms with E-state index in [2.05, 4.69) is 15.3 Å². The van der Waals surface area contributed by atoms with Crippen molar-refractivity contribution in [3.63, 3.8) is 0 Å². The van der Waals surface area contributed by atoms with Crippen molar-refractivity contribution in [2.45, 2.75) is 6.18 Å². The monoisotopic (exact) mass is 301 g/mol. The SMILES string of the molecule is O=C(O)c1cc(F)cnc1Nc1ccc(C(F)(F)F)nc1. The van der Waals surface area contributed by atoms with Gasteiger partial charge in [-0.05, 0) is 18.2 Å². The minimum Gasteiger partial charge on any atom is -0.478 e. The molecule has 0 spiro atoms. The van der Waals surface area contributed by atoms with Crippen LogP contribution < -0.4 is 5.32 Å². The van der Waals surface area contributed by atoms with Crippen molar-refractivity contribution in [2.75, 3.05) is 5.32 Å². The van der Waals surface area contributed by atoms with E-state index in [9.17, 15) is 22.4 Å². The molecule has 0 unspecified atom stereocenters. The number of carboxylic acids is 1. The van der Waals surface area contributed by atoms with Gasteiger partial charge in [0.1, 0.15) is 22.9 Å². The Kier molecular flexibility index (Phi) is 3.74. The van der Waals surface area contributed by atoms with Gasteiger partial charge in [0.15, 0.2) is 0 Å². The standard InChI is InChI=1S/C12H7F4N3O2/c13-6-3-8(11(20)21)10(18-4-6)19-7-1-2-9(17-5-7)12(14,15)16/h1-5H,(H,18,19)(H,20,21). The van der Waals surface area contributed by atoms with E-state index in [-0.39, 0.29) is 11.5 Å². The Morgan fingerprint density at radius 1 is 1.19 bits per heavy atom. The number of hydrogen-bond acceptors (Lipinski definition) is 4. The molecule has 0 aromatic carbocycles. The van der Waals surface area contributed by atoms with Crippen molar-refractivity contribution in [2.24, 2.45) is 0 Å². The van der Waals surface area contributed by atoms with Crippen LogP contribution in [-0.4, -0.2) is 21.0 Å². The van der Waals surface area contributed by atoms with E-state index in [1.54, 1.807) is 0 Å². The third kappa shape index (κ3) is 3.44. The molecule has 2 N–H and O–H groups in total. The third-order valence-electron chi connectivity index (χ3n) is 2.40. The van der Waals surface area contributed by atoms with Crippen LogP contribution in [0.1, 0.15) is 16.1 Å². The molecule has 0 aliphatic carbocycles. The predicted octanol–water partition coefficient (Wildman–Crippen LogP) is 3.08. The highest BCUT2D eigenvalue weighted by atomic mass is 19.4. The van der Waals surface area contributed by atoms with Gasteiger partial charge in [0.05, 0.1) is 18.1 Å². The second-order valence-corrected chi connectivity index (χ2v) is 3.91. The Morgan fingerprint density at radius 2 is 1.90 bits per heavy atom. The molecule has 0 aliphatic rings. The van der Waals surface area contributed by atoms with Gasteiger partial charge < -0.3 is 10.4 Å². The molecule has 0 saturated heterocycles. The molecular formula is C12H7F4N3O2. The lowest BCUT2D eigenvalue weighted by Gasteiger charge is -2.10. The number of pyridine rings is 2. The lowest BCUT2D eigenvalue weighted by atomic mass is 10.2. The fourth-order valence-corrected chi connectivity index (χ4v) is 1.47. The average Bonchev–Trinajstić information content (AvgIpc) is 2.40. The summed E-state index contributed by atoms with van der Waals surface area (Å²) >= 11 is 0. The van der Waals surface area contributed by atoms with Crippen molar-refractivity contribution in [3.05, 3.63) is 47.7 Å². The molecule has 2 aromatic heterocycles. The van der Waals surface area contributed by atoms with Crippen LogP contribution in [-0.2, 0) is 6.18 Å². The topological polar surface area (TPSA) is 75.1 Å². The molecule has 110 valence electrons. The minimum atomic E-state index is -4.57. The molecule has 5 nitrogen and oxygen atoms in total. The number of rotatable bonds is 3. The Morgan fingerprint density at radius 3 is 2.43 bits per heavy atom. The Hall–Kier alpha value is -2.71. The van der Waals surface area contributed by atoms with Crippen molar-refractivity contribution in [1.82, 2.24) is 9.97 Å². The maximum atomic E-state index is 12.9. The molecule has 0 bridgehead atoms. The Labute approximate surface area is 115 Å². The van der Waals surface area contributed by atoms with Gasteiger partial charge in [-0.3, -0.25) is 0 Å². The van der Waals surface area contributed by atoms with Crippen LogP contribution in [0, 0.1) is 5.82 Å². The molecule has 0 aliphatic heterocycles. The summed E-state index contributed by atoms with van der Waals surface area (Å²) in [6, 6.07) is 2.54.